The molecule has 0 bridgehead atoms. The molecule has 0 atom stereocenters. The van der Waals surface area contributed by atoms with Crippen molar-refractivity contribution in [2.75, 3.05) is 0 Å². The van der Waals surface area contributed by atoms with E-state index in [1.807, 2.05) is 61.5 Å². The summed E-state index contributed by atoms with van der Waals surface area (Å²) >= 11 is 0. The zero-order chi connectivity index (χ0) is 16.9. The fraction of sp³-hybridized carbons (Fsp3) is 0.111. The van der Waals surface area contributed by atoms with Crippen molar-refractivity contribution < 1.29 is 4.79 Å². The average molecular weight is 319 g/mol. The molecule has 6 heteroatoms. The first-order valence-electron chi connectivity index (χ1n) is 7.53. The minimum atomic E-state index is -0.236. The van der Waals surface area contributed by atoms with Crippen LogP contribution in [0.15, 0.2) is 59.6 Å². The smallest absolute Gasteiger partial charge is 0.253 e. The first-order chi connectivity index (χ1) is 11.6. The third kappa shape index (κ3) is 3.73. The van der Waals surface area contributed by atoms with E-state index in [9.17, 15) is 4.79 Å². The van der Waals surface area contributed by atoms with Gasteiger partial charge in [-0.2, -0.15) is 4.99 Å². The van der Waals surface area contributed by atoms with Gasteiger partial charge >= 0.3 is 0 Å². The number of aliphatic imine (C=N–C) groups is 1. The van der Waals surface area contributed by atoms with E-state index in [1.165, 1.54) is 0 Å². The summed E-state index contributed by atoms with van der Waals surface area (Å²) < 4.78 is 0. The second kappa shape index (κ2) is 6.87. The van der Waals surface area contributed by atoms with Crippen molar-refractivity contribution in [1.29, 1.82) is 0 Å². The van der Waals surface area contributed by atoms with Crippen LogP contribution in [0, 0.1) is 6.92 Å². The molecule has 0 aliphatic carbocycles. The van der Waals surface area contributed by atoms with Crippen molar-refractivity contribution in [3.63, 3.8) is 0 Å². The summed E-state index contributed by atoms with van der Waals surface area (Å²) in [6.45, 7) is 1.88. The molecule has 120 valence electrons. The number of amides is 1. The van der Waals surface area contributed by atoms with Gasteiger partial charge in [0.15, 0.2) is 0 Å². The summed E-state index contributed by atoms with van der Waals surface area (Å²) in [5.41, 5.74) is 8.29. The van der Waals surface area contributed by atoms with Gasteiger partial charge in [0.25, 0.3) is 5.95 Å². The SMILES string of the molecule is Cc1nc(N=C(N)NC(=O)Cc2ccccc2)nc2ccccc12. The van der Waals surface area contributed by atoms with Crippen LogP contribution >= 0.6 is 0 Å². The summed E-state index contributed by atoms with van der Waals surface area (Å²) in [5.74, 6) is -0.0331. The van der Waals surface area contributed by atoms with Gasteiger partial charge in [-0.15, -0.1) is 0 Å². The number of rotatable bonds is 3. The van der Waals surface area contributed by atoms with Crippen LogP contribution in [0.2, 0.25) is 0 Å². The quantitative estimate of drug-likeness (QED) is 0.572. The number of guanidine groups is 1. The number of nitrogens with zero attached hydrogens (tertiary/aromatic N) is 3. The summed E-state index contributed by atoms with van der Waals surface area (Å²) in [4.78, 5) is 24.7. The molecule has 1 aromatic heterocycles. The van der Waals surface area contributed by atoms with Crippen LogP contribution in [0.25, 0.3) is 10.9 Å². The summed E-state index contributed by atoms with van der Waals surface area (Å²) in [6, 6.07) is 17.1. The van der Waals surface area contributed by atoms with Crippen molar-refractivity contribution in [2.24, 2.45) is 10.7 Å². The number of aromatic nitrogens is 2. The Labute approximate surface area is 139 Å². The Balaban J connectivity index is 1.75. The Morgan fingerprint density at radius 1 is 1.08 bits per heavy atom. The van der Waals surface area contributed by atoms with Gasteiger partial charge in [-0.3, -0.25) is 10.1 Å². The molecule has 1 amide bonds. The van der Waals surface area contributed by atoms with Gasteiger partial charge in [0.2, 0.25) is 11.9 Å². The van der Waals surface area contributed by atoms with E-state index in [4.69, 9.17) is 5.73 Å². The molecule has 2 aromatic carbocycles. The van der Waals surface area contributed by atoms with Gasteiger partial charge in [0.1, 0.15) is 0 Å². The Hall–Kier alpha value is -3.28. The van der Waals surface area contributed by atoms with Crippen molar-refractivity contribution in [3.8, 4) is 0 Å². The lowest BCUT2D eigenvalue weighted by molar-refractivity contribution is -0.119. The zero-order valence-corrected chi connectivity index (χ0v) is 13.2. The molecular weight excluding hydrogens is 302 g/mol. The van der Waals surface area contributed by atoms with Crippen LogP contribution < -0.4 is 11.1 Å². The van der Waals surface area contributed by atoms with Gasteiger partial charge in [-0.25, -0.2) is 9.97 Å². The highest BCUT2D eigenvalue weighted by molar-refractivity contribution is 5.97. The number of hydrogen-bond acceptors (Lipinski definition) is 4. The van der Waals surface area contributed by atoms with E-state index in [1.54, 1.807) is 0 Å². The number of hydrogen-bond donors (Lipinski definition) is 2. The van der Waals surface area contributed by atoms with Gasteiger partial charge in [0.05, 0.1) is 17.6 Å². The lowest BCUT2D eigenvalue weighted by Crippen LogP contribution is -2.37. The molecule has 0 saturated carbocycles. The fourth-order valence-corrected chi connectivity index (χ4v) is 2.37. The van der Waals surface area contributed by atoms with E-state index >= 15 is 0 Å². The van der Waals surface area contributed by atoms with Crippen molar-refractivity contribution in [2.45, 2.75) is 13.3 Å². The first kappa shape index (κ1) is 15.6. The number of benzene rings is 2. The molecule has 3 N–H and O–H groups in total. The topological polar surface area (TPSA) is 93.3 Å². The first-order valence-corrected chi connectivity index (χ1v) is 7.53. The number of nitrogens with two attached hydrogens (primary N) is 1. The Morgan fingerprint density at radius 3 is 2.58 bits per heavy atom. The van der Waals surface area contributed by atoms with Crippen LogP contribution in [0.1, 0.15) is 11.3 Å². The molecule has 6 nitrogen and oxygen atoms in total. The van der Waals surface area contributed by atoms with Crippen molar-refractivity contribution in [3.05, 3.63) is 65.9 Å². The molecule has 0 aliphatic heterocycles. The Morgan fingerprint density at radius 2 is 1.79 bits per heavy atom. The molecule has 0 aliphatic rings. The number of fused-ring (bicyclic) bond motifs is 1. The number of nitrogens with one attached hydrogen (secondary N) is 1. The average Bonchev–Trinajstić information content (AvgIpc) is 2.55. The highest BCUT2D eigenvalue weighted by Crippen LogP contribution is 2.17. The van der Waals surface area contributed by atoms with E-state index in [2.05, 4.69) is 20.3 Å². The lowest BCUT2D eigenvalue weighted by Gasteiger charge is -2.05. The number of aryl methyl sites for hydroxylation is 1. The van der Waals surface area contributed by atoms with E-state index in [0.29, 0.717) is 0 Å². The van der Waals surface area contributed by atoms with Crippen LogP contribution in [-0.2, 0) is 11.2 Å². The number of carbonyl (C=O) groups excluding carboxylic acids is 1. The van der Waals surface area contributed by atoms with E-state index in [-0.39, 0.29) is 24.2 Å². The second-order valence-electron chi connectivity index (χ2n) is 5.33. The van der Waals surface area contributed by atoms with Gasteiger partial charge in [-0.05, 0) is 18.6 Å². The molecule has 3 aromatic rings. The normalized spacial score (nSPS) is 11.5. The highest BCUT2D eigenvalue weighted by Gasteiger charge is 2.07. The zero-order valence-electron chi connectivity index (χ0n) is 13.2. The monoisotopic (exact) mass is 319 g/mol. The molecule has 1 heterocycles. The van der Waals surface area contributed by atoms with Gasteiger partial charge in [0, 0.05) is 5.39 Å². The molecule has 0 saturated heterocycles. The lowest BCUT2D eigenvalue weighted by atomic mass is 10.1. The minimum absolute atomic E-state index is 0.0226. The summed E-state index contributed by atoms with van der Waals surface area (Å²) in [6.07, 6.45) is 0.231. The molecule has 0 unspecified atom stereocenters. The van der Waals surface area contributed by atoms with Crippen LogP contribution in [-0.4, -0.2) is 21.8 Å². The van der Waals surface area contributed by atoms with Crippen LogP contribution in [0.4, 0.5) is 5.95 Å². The minimum Gasteiger partial charge on any atom is -0.369 e. The largest absolute Gasteiger partial charge is 0.369 e. The molecule has 24 heavy (non-hydrogen) atoms. The maximum atomic E-state index is 12.0. The molecule has 0 spiro atoms. The number of carbonyl (C=O) groups is 1. The summed E-state index contributed by atoms with van der Waals surface area (Å²) in [5, 5.41) is 3.51. The predicted molar refractivity (Wildman–Crippen MR) is 93.8 cm³/mol. The van der Waals surface area contributed by atoms with Gasteiger partial charge in [-0.1, -0.05) is 48.5 Å². The van der Waals surface area contributed by atoms with Crippen molar-refractivity contribution in [1.82, 2.24) is 15.3 Å². The number of para-hydroxylation sites is 1. The highest BCUT2D eigenvalue weighted by atomic mass is 16.1. The van der Waals surface area contributed by atoms with E-state index in [0.717, 1.165) is 22.2 Å². The molecule has 3 rings (SSSR count). The van der Waals surface area contributed by atoms with E-state index < -0.39 is 0 Å². The Kier molecular flexibility index (Phi) is 4.47. The maximum Gasteiger partial charge on any atom is 0.253 e. The van der Waals surface area contributed by atoms with Gasteiger partial charge < -0.3 is 5.73 Å². The molecule has 0 radical (unpaired) electrons. The Bertz CT molecular complexity index is 906. The molecule has 0 fully saturated rings. The standard InChI is InChI=1S/C18H17N5O/c1-12-14-9-5-6-10-15(14)21-18(20-12)23-17(19)22-16(24)11-13-7-3-2-4-8-13/h2-10H,11H2,1H3,(H3,19,20,21,22,23,24). The fourth-order valence-electron chi connectivity index (χ4n) is 2.37. The summed E-state index contributed by atoms with van der Waals surface area (Å²) in [7, 11) is 0. The van der Waals surface area contributed by atoms with Crippen molar-refractivity contribution >= 4 is 28.7 Å². The molecular formula is C18H17N5O. The van der Waals surface area contributed by atoms with Crippen LogP contribution in [0.5, 0.6) is 0 Å². The predicted octanol–water partition coefficient (Wildman–Crippen LogP) is 2.24. The second-order valence-corrected chi connectivity index (χ2v) is 5.33. The third-order valence-corrected chi connectivity index (χ3v) is 3.48. The van der Waals surface area contributed by atoms with Crippen LogP contribution in [0.3, 0.4) is 0 Å². The third-order valence-electron chi connectivity index (χ3n) is 3.48. The maximum absolute atomic E-state index is 12.0.